The first kappa shape index (κ1) is 24.3. The molecule has 5 nitrogen and oxygen atoms in total. The molecule has 1 saturated heterocycles. The zero-order chi connectivity index (χ0) is 22.9. The van der Waals surface area contributed by atoms with Crippen LogP contribution in [-0.2, 0) is 20.9 Å². The quantitative estimate of drug-likeness (QED) is 0.180. The summed E-state index contributed by atoms with van der Waals surface area (Å²) in [6.07, 6.45) is 4.53. The Bertz CT molecular complexity index is 1020. The molecule has 0 saturated carbocycles. The smallest absolute Gasteiger partial charge is 0.305 e. The topological polar surface area (TPSA) is 55.8 Å². The maximum atomic E-state index is 12.9. The lowest BCUT2D eigenvalue weighted by atomic mass is 10.1. The third-order valence-electron chi connectivity index (χ3n) is 4.91. The largest absolute Gasteiger partial charge is 0.488 e. The molecule has 1 amide bonds. The SMILES string of the molecule is COC(=O)CCCCCN1C(=O)/C(=C\c2ccccc2OCc2ccccc2Cl)SC1=S. The van der Waals surface area contributed by atoms with Gasteiger partial charge in [0.05, 0.1) is 12.0 Å². The van der Waals surface area contributed by atoms with E-state index in [1.807, 2.05) is 54.6 Å². The van der Waals surface area contributed by atoms with Crippen LogP contribution >= 0.6 is 35.6 Å². The molecule has 0 aromatic heterocycles. The van der Waals surface area contributed by atoms with Crippen LogP contribution in [0.5, 0.6) is 5.75 Å². The highest BCUT2D eigenvalue weighted by molar-refractivity contribution is 8.26. The van der Waals surface area contributed by atoms with Gasteiger partial charge < -0.3 is 9.47 Å². The van der Waals surface area contributed by atoms with Crippen LogP contribution in [0.4, 0.5) is 0 Å². The first-order chi connectivity index (χ1) is 15.5. The molecule has 0 atom stereocenters. The summed E-state index contributed by atoms with van der Waals surface area (Å²) in [5, 5.41) is 0.650. The highest BCUT2D eigenvalue weighted by Crippen LogP contribution is 2.34. The minimum absolute atomic E-state index is 0.103. The van der Waals surface area contributed by atoms with Crippen LogP contribution in [0.1, 0.15) is 36.8 Å². The fourth-order valence-corrected chi connectivity index (χ4v) is 4.64. The number of unbranched alkanes of at least 4 members (excludes halogenated alkanes) is 2. The van der Waals surface area contributed by atoms with Crippen LogP contribution < -0.4 is 4.74 Å². The lowest BCUT2D eigenvalue weighted by molar-refractivity contribution is -0.140. The molecule has 0 radical (unpaired) electrons. The first-order valence-electron chi connectivity index (χ1n) is 10.3. The zero-order valence-electron chi connectivity index (χ0n) is 17.7. The van der Waals surface area contributed by atoms with E-state index in [9.17, 15) is 9.59 Å². The van der Waals surface area contributed by atoms with Gasteiger partial charge in [-0.15, -0.1) is 0 Å². The number of rotatable bonds is 10. The van der Waals surface area contributed by atoms with Crippen LogP contribution in [-0.4, -0.2) is 34.8 Å². The summed E-state index contributed by atoms with van der Waals surface area (Å²) in [7, 11) is 1.38. The summed E-state index contributed by atoms with van der Waals surface area (Å²) < 4.78 is 11.2. The van der Waals surface area contributed by atoms with Crippen molar-refractivity contribution in [3.63, 3.8) is 0 Å². The van der Waals surface area contributed by atoms with E-state index in [0.29, 0.717) is 39.6 Å². The van der Waals surface area contributed by atoms with E-state index in [1.54, 1.807) is 4.90 Å². The van der Waals surface area contributed by atoms with Crippen molar-refractivity contribution in [2.45, 2.75) is 32.3 Å². The number of hydrogen-bond donors (Lipinski definition) is 0. The van der Waals surface area contributed by atoms with Crippen LogP contribution in [0.25, 0.3) is 6.08 Å². The fraction of sp³-hybridized carbons (Fsp3) is 0.292. The van der Waals surface area contributed by atoms with Gasteiger partial charge in [-0.25, -0.2) is 0 Å². The molecule has 32 heavy (non-hydrogen) atoms. The van der Waals surface area contributed by atoms with Gasteiger partial charge in [0.2, 0.25) is 0 Å². The number of hydrogen-bond acceptors (Lipinski definition) is 6. The van der Waals surface area contributed by atoms with Gasteiger partial charge in [-0.3, -0.25) is 14.5 Å². The number of benzene rings is 2. The molecule has 0 aliphatic carbocycles. The minimum Gasteiger partial charge on any atom is -0.488 e. The summed E-state index contributed by atoms with van der Waals surface area (Å²) in [5.41, 5.74) is 1.70. The summed E-state index contributed by atoms with van der Waals surface area (Å²) in [4.78, 5) is 26.3. The van der Waals surface area contributed by atoms with Crippen molar-refractivity contribution < 1.29 is 19.1 Å². The molecule has 0 bridgehead atoms. The third-order valence-corrected chi connectivity index (χ3v) is 6.66. The second-order valence-corrected chi connectivity index (χ2v) is 9.22. The molecular formula is C24H24ClNO4S2. The number of halogens is 1. The maximum Gasteiger partial charge on any atom is 0.305 e. The predicted octanol–water partition coefficient (Wildman–Crippen LogP) is 5.85. The number of para-hydroxylation sites is 1. The number of carbonyl (C=O) groups is 2. The molecule has 0 N–H and O–H groups in total. The molecule has 1 aliphatic heterocycles. The molecule has 1 heterocycles. The third kappa shape index (κ3) is 6.58. The van der Waals surface area contributed by atoms with Crippen LogP contribution in [0, 0.1) is 0 Å². The van der Waals surface area contributed by atoms with E-state index in [-0.39, 0.29) is 11.9 Å². The van der Waals surface area contributed by atoms with Crippen LogP contribution in [0.2, 0.25) is 5.02 Å². The molecule has 2 aromatic rings. The van der Waals surface area contributed by atoms with E-state index in [0.717, 1.165) is 30.4 Å². The van der Waals surface area contributed by atoms with Crippen molar-refractivity contribution in [1.29, 1.82) is 0 Å². The Kier molecular flexibility index (Phi) is 9.14. The Labute approximate surface area is 202 Å². The van der Waals surface area contributed by atoms with Crippen LogP contribution in [0.3, 0.4) is 0 Å². The number of methoxy groups -OCH3 is 1. The highest BCUT2D eigenvalue weighted by atomic mass is 35.5. The number of carbonyl (C=O) groups excluding carboxylic acids is 2. The van der Waals surface area contributed by atoms with E-state index < -0.39 is 0 Å². The number of thiocarbonyl (C=S) groups is 1. The average molecular weight is 490 g/mol. The van der Waals surface area contributed by atoms with E-state index in [2.05, 4.69) is 4.74 Å². The molecule has 0 unspecified atom stereocenters. The Balaban J connectivity index is 1.62. The van der Waals surface area contributed by atoms with E-state index in [4.69, 9.17) is 28.6 Å². The summed E-state index contributed by atoms with van der Waals surface area (Å²) in [5.74, 6) is 0.350. The first-order valence-corrected chi connectivity index (χ1v) is 11.9. The van der Waals surface area contributed by atoms with Crippen molar-refractivity contribution in [3.8, 4) is 5.75 Å². The number of nitrogens with zero attached hydrogens (tertiary/aromatic N) is 1. The predicted molar refractivity (Wildman–Crippen MR) is 133 cm³/mol. The second kappa shape index (κ2) is 12.0. The molecule has 168 valence electrons. The van der Waals surface area contributed by atoms with Gasteiger partial charge in [0.1, 0.15) is 16.7 Å². The van der Waals surface area contributed by atoms with E-state index >= 15 is 0 Å². The monoisotopic (exact) mass is 489 g/mol. The van der Waals surface area contributed by atoms with Gasteiger partial charge in [-0.05, 0) is 31.1 Å². The molecule has 8 heteroatoms. The Morgan fingerprint density at radius 3 is 2.66 bits per heavy atom. The van der Waals surface area contributed by atoms with E-state index in [1.165, 1.54) is 18.9 Å². The number of amides is 1. The lowest BCUT2D eigenvalue weighted by Crippen LogP contribution is -2.29. The average Bonchev–Trinajstić information content (AvgIpc) is 3.06. The van der Waals surface area contributed by atoms with Gasteiger partial charge >= 0.3 is 5.97 Å². The minimum atomic E-state index is -0.214. The molecule has 1 fully saturated rings. The number of ether oxygens (including phenoxy) is 2. The van der Waals surface area contributed by atoms with Gasteiger partial charge in [-0.1, -0.05) is 78.4 Å². The molecule has 0 spiro atoms. The van der Waals surface area contributed by atoms with Crippen LogP contribution in [0.15, 0.2) is 53.4 Å². The van der Waals surface area contributed by atoms with Gasteiger partial charge in [0.25, 0.3) is 5.91 Å². The van der Waals surface area contributed by atoms with Gasteiger partial charge in [0, 0.05) is 29.1 Å². The van der Waals surface area contributed by atoms with Crippen molar-refractivity contribution in [1.82, 2.24) is 4.90 Å². The summed E-state index contributed by atoms with van der Waals surface area (Å²) in [6, 6.07) is 15.1. The lowest BCUT2D eigenvalue weighted by Gasteiger charge is -2.14. The maximum absolute atomic E-state index is 12.9. The highest BCUT2D eigenvalue weighted by Gasteiger charge is 2.31. The summed E-state index contributed by atoms with van der Waals surface area (Å²) in [6.45, 7) is 0.866. The molecule has 1 aliphatic rings. The Morgan fingerprint density at radius 2 is 1.88 bits per heavy atom. The van der Waals surface area contributed by atoms with Gasteiger partial charge in [-0.2, -0.15) is 0 Å². The normalized spacial score (nSPS) is 14.8. The zero-order valence-corrected chi connectivity index (χ0v) is 20.1. The molecule has 3 rings (SSSR count). The standard InChI is InChI=1S/C24H24ClNO4S2/c1-29-22(27)13-3-2-8-14-26-23(28)21(32-24(26)31)15-17-9-5-7-12-20(17)30-16-18-10-4-6-11-19(18)25/h4-7,9-12,15H,2-3,8,13-14,16H2,1H3/b21-15+. The van der Waals surface area contributed by atoms with Crippen molar-refractivity contribution in [3.05, 3.63) is 69.6 Å². The number of esters is 1. The number of thioether (sulfide) groups is 1. The van der Waals surface area contributed by atoms with Crippen molar-refractivity contribution >= 4 is 57.9 Å². The fourth-order valence-electron chi connectivity index (χ4n) is 3.15. The van der Waals surface area contributed by atoms with Crippen molar-refractivity contribution in [2.24, 2.45) is 0 Å². The molecule has 2 aromatic carbocycles. The summed E-state index contributed by atoms with van der Waals surface area (Å²) >= 11 is 12.9. The van der Waals surface area contributed by atoms with Crippen molar-refractivity contribution in [2.75, 3.05) is 13.7 Å². The second-order valence-electron chi connectivity index (χ2n) is 7.14. The van der Waals surface area contributed by atoms with Gasteiger partial charge in [0.15, 0.2) is 0 Å². The Hall–Kier alpha value is -2.35. The Morgan fingerprint density at radius 1 is 1.12 bits per heavy atom. The molecular weight excluding hydrogens is 466 g/mol.